The van der Waals surface area contributed by atoms with Gasteiger partial charge in [0, 0.05) is 6.04 Å². The van der Waals surface area contributed by atoms with Crippen LogP contribution < -0.4 is 11.3 Å². The molecule has 3 rings (SSSR count). The summed E-state index contributed by atoms with van der Waals surface area (Å²) >= 11 is 0. The monoisotopic (exact) mass is 276 g/mol. The second kappa shape index (κ2) is 5.82. The van der Waals surface area contributed by atoms with E-state index in [0.717, 1.165) is 36.2 Å². The Morgan fingerprint density at radius 1 is 1.35 bits per heavy atom. The van der Waals surface area contributed by atoms with Crippen LogP contribution >= 0.6 is 0 Å². The van der Waals surface area contributed by atoms with Crippen molar-refractivity contribution in [3.8, 4) is 0 Å². The SMILES string of the molecule is Cc1cc(F)ccc1CC(CC1CC2CCC1C2)NN. The summed E-state index contributed by atoms with van der Waals surface area (Å²) in [6.07, 6.45) is 7.76. The van der Waals surface area contributed by atoms with Crippen molar-refractivity contribution in [3.63, 3.8) is 0 Å². The Bertz CT molecular complexity index is 474. The van der Waals surface area contributed by atoms with E-state index in [4.69, 9.17) is 5.84 Å². The summed E-state index contributed by atoms with van der Waals surface area (Å²) < 4.78 is 13.2. The summed E-state index contributed by atoms with van der Waals surface area (Å²) in [4.78, 5) is 0. The molecule has 2 saturated carbocycles. The first kappa shape index (κ1) is 14.0. The van der Waals surface area contributed by atoms with E-state index < -0.39 is 0 Å². The molecule has 2 nitrogen and oxygen atoms in total. The molecule has 1 aromatic rings. The number of hydrogen-bond donors (Lipinski definition) is 2. The van der Waals surface area contributed by atoms with Crippen molar-refractivity contribution in [1.82, 2.24) is 5.43 Å². The molecule has 0 heterocycles. The quantitative estimate of drug-likeness (QED) is 0.639. The zero-order valence-corrected chi connectivity index (χ0v) is 12.2. The van der Waals surface area contributed by atoms with Crippen LogP contribution in [0.1, 0.15) is 43.2 Å². The molecule has 2 bridgehead atoms. The fourth-order valence-corrected chi connectivity index (χ4v) is 4.39. The molecule has 2 aliphatic rings. The smallest absolute Gasteiger partial charge is 0.123 e. The summed E-state index contributed by atoms with van der Waals surface area (Å²) in [6, 6.07) is 5.37. The highest BCUT2D eigenvalue weighted by Crippen LogP contribution is 2.49. The van der Waals surface area contributed by atoms with Gasteiger partial charge in [0.2, 0.25) is 0 Å². The van der Waals surface area contributed by atoms with E-state index in [1.165, 1.54) is 31.2 Å². The largest absolute Gasteiger partial charge is 0.271 e. The molecule has 4 atom stereocenters. The molecule has 2 fully saturated rings. The first-order valence-electron chi connectivity index (χ1n) is 7.87. The fraction of sp³-hybridized carbons (Fsp3) is 0.647. The fourth-order valence-electron chi connectivity index (χ4n) is 4.39. The number of nitrogens with two attached hydrogens (primary N) is 1. The molecule has 0 aliphatic heterocycles. The Balaban J connectivity index is 1.62. The first-order valence-corrected chi connectivity index (χ1v) is 7.87. The van der Waals surface area contributed by atoms with Gasteiger partial charge in [-0.25, -0.2) is 4.39 Å². The zero-order valence-electron chi connectivity index (χ0n) is 12.2. The number of hydrazine groups is 1. The van der Waals surface area contributed by atoms with Gasteiger partial charge in [0.1, 0.15) is 5.82 Å². The minimum absolute atomic E-state index is 0.156. The van der Waals surface area contributed by atoms with Gasteiger partial charge in [0.15, 0.2) is 0 Å². The molecule has 1 aromatic carbocycles. The van der Waals surface area contributed by atoms with E-state index >= 15 is 0 Å². The molecule has 0 saturated heterocycles. The highest BCUT2D eigenvalue weighted by Gasteiger charge is 2.39. The lowest BCUT2D eigenvalue weighted by Crippen LogP contribution is -2.39. The third kappa shape index (κ3) is 2.89. The second-order valence-corrected chi connectivity index (χ2v) is 6.81. The molecular formula is C17H25FN2. The van der Waals surface area contributed by atoms with Crippen molar-refractivity contribution in [2.75, 3.05) is 0 Å². The number of aryl methyl sites for hydroxylation is 1. The maximum Gasteiger partial charge on any atom is 0.123 e. The normalized spacial score (nSPS) is 29.9. The lowest BCUT2D eigenvalue weighted by molar-refractivity contribution is 0.277. The molecule has 4 unspecified atom stereocenters. The van der Waals surface area contributed by atoms with Crippen LogP contribution in [0.25, 0.3) is 0 Å². The van der Waals surface area contributed by atoms with E-state index in [9.17, 15) is 4.39 Å². The summed E-state index contributed by atoms with van der Waals surface area (Å²) in [7, 11) is 0. The minimum Gasteiger partial charge on any atom is -0.271 e. The number of fused-ring (bicyclic) bond motifs is 2. The van der Waals surface area contributed by atoms with Crippen molar-refractivity contribution in [3.05, 3.63) is 35.1 Å². The van der Waals surface area contributed by atoms with Crippen LogP contribution in [0, 0.1) is 30.5 Å². The van der Waals surface area contributed by atoms with Crippen LogP contribution in [-0.4, -0.2) is 6.04 Å². The molecule has 0 radical (unpaired) electrons. The van der Waals surface area contributed by atoms with Crippen molar-refractivity contribution in [1.29, 1.82) is 0 Å². The standard InChI is InChI=1S/C17H25FN2/c1-11-6-16(18)5-4-13(11)9-17(20-19)10-15-8-12-2-3-14(15)7-12/h4-6,12,14-15,17,20H,2-3,7-10,19H2,1H3. The van der Waals surface area contributed by atoms with E-state index in [2.05, 4.69) is 5.43 Å². The molecular weight excluding hydrogens is 251 g/mol. The highest BCUT2D eigenvalue weighted by atomic mass is 19.1. The summed E-state index contributed by atoms with van der Waals surface area (Å²) in [5.74, 6) is 8.36. The van der Waals surface area contributed by atoms with Crippen molar-refractivity contribution in [2.24, 2.45) is 23.6 Å². The van der Waals surface area contributed by atoms with Crippen LogP contribution in [0.5, 0.6) is 0 Å². The van der Waals surface area contributed by atoms with Crippen LogP contribution in [0.2, 0.25) is 0 Å². The molecule has 20 heavy (non-hydrogen) atoms. The topological polar surface area (TPSA) is 38.0 Å². The van der Waals surface area contributed by atoms with Crippen LogP contribution in [-0.2, 0) is 6.42 Å². The average Bonchev–Trinajstić information content (AvgIpc) is 3.03. The highest BCUT2D eigenvalue weighted by molar-refractivity contribution is 5.27. The Morgan fingerprint density at radius 2 is 2.20 bits per heavy atom. The van der Waals surface area contributed by atoms with Crippen molar-refractivity contribution in [2.45, 2.75) is 51.5 Å². The molecule has 0 amide bonds. The van der Waals surface area contributed by atoms with Gasteiger partial charge < -0.3 is 0 Å². The number of benzene rings is 1. The molecule has 110 valence electrons. The van der Waals surface area contributed by atoms with E-state index in [0.29, 0.717) is 6.04 Å². The molecule has 2 aliphatic carbocycles. The maximum atomic E-state index is 13.2. The van der Waals surface area contributed by atoms with Gasteiger partial charge in [0.25, 0.3) is 0 Å². The van der Waals surface area contributed by atoms with Crippen LogP contribution in [0.15, 0.2) is 18.2 Å². The third-order valence-electron chi connectivity index (χ3n) is 5.48. The predicted octanol–water partition coefficient (Wildman–Crippen LogP) is 3.33. The third-order valence-corrected chi connectivity index (χ3v) is 5.48. The molecule has 0 spiro atoms. The number of rotatable bonds is 5. The van der Waals surface area contributed by atoms with Gasteiger partial charge in [0.05, 0.1) is 0 Å². The Morgan fingerprint density at radius 3 is 2.80 bits per heavy atom. The second-order valence-electron chi connectivity index (χ2n) is 6.81. The van der Waals surface area contributed by atoms with Gasteiger partial charge in [-0.3, -0.25) is 11.3 Å². The molecule has 3 heteroatoms. The van der Waals surface area contributed by atoms with Gasteiger partial charge >= 0.3 is 0 Å². The lowest BCUT2D eigenvalue weighted by Gasteiger charge is -2.26. The summed E-state index contributed by atoms with van der Waals surface area (Å²) in [6.45, 7) is 1.98. The average molecular weight is 276 g/mol. The predicted molar refractivity (Wildman–Crippen MR) is 79.5 cm³/mol. The molecule has 3 N–H and O–H groups in total. The Kier molecular flexibility index (Phi) is 4.08. The first-order chi connectivity index (χ1) is 9.65. The number of nitrogens with one attached hydrogen (secondary N) is 1. The number of hydrogen-bond acceptors (Lipinski definition) is 2. The van der Waals surface area contributed by atoms with Crippen LogP contribution in [0.4, 0.5) is 4.39 Å². The summed E-state index contributed by atoms with van der Waals surface area (Å²) in [5.41, 5.74) is 5.22. The van der Waals surface area contributed by atoms with E-state index in [-0.39, 0.29) is 5.82 Å². The number of halogens is 1. The van der Waals surface area contributed by atoms with Gasteiger partial charge in [-0.15, -0.1) is 0 Å². The lowest BCUT2D eigenvalue weighted by atomic mass is 9.83. The summed E-state index contributed by atoms with van der Waals surface area (Å²) in [5, 5.41) is 0. The van der Waals surface area contributed by atoms with Gasteiger partial charge in [-0.2, -0.15) is 0 Å². The van der Waals surface area contributed by atoms with Gasteiger partial charge in [-0.1, -0.05) is 12.5 Å². The van der Waals surface area contributed by atoms with E-state index in [1.54, 1.807) is 12.1 Å². The van der Waals surface area contributed by atoms with Crippen LogP contribution in [0.3, 0.4) is 0 Å². The molecule has 0 aromatic heterocycles. The Labute approximate surface area is 120 Å². The Hall–Kier alpha value is -0.930. The van der Waals surface area contributed by atoms with Gasteiger partial charge in [-0.05, 0) is 80.0 Å². The van der Waals surface area contributed by atoms with Crippen molar-refractivity contribution >= 4 is 0 Å². The maximum absolute atomic E-state index is 13.2. The van der Waals surface area contributed by atoms with Crippen molar-refractivity contribution < 1.29 is 4.39 Å². The zero-order chi connectivity index (χ0) is 14.1. The minimum atomic E-state index is -0.156. The van der Waals surface area contributed by atoms with E-state index in [1.807, 2.05) is 13.0 Å².